The summed E-state index contributed by atoms with van der Waals surface area (Å²) >= 11 is 0. The van der Waals surface area contributed by atoms with Gasteiger partial charge < -0.3 is 15.5 Å². The molecule has 1 aliphatic heterocycles. The third-order valence-corrected chi connectivity index (χ3v) is 2.58. The van der Waals surface area contributed by atoms with Crippen LogP contribution in [0.25, 0.3) is 0 Å². The van der Waals surface area contributed by atoms with E-state index in [0.29, 0.717) is 0 Å². The van der Waals surface area contributed by atoms with Gasteiger partial charge in [-0.3, -0.25) is 4.68 Å². The van der Waals surface area contributed by atoms with Gasteiger partial charge in [-0.1, -0.05) is 0 Å². The molecule has 88 valence electrons. The molecule has 1 aromatic heterocycles. The van der Waals surface area contributed by atoms with Gasteiger partial charge in [0.15, 0.2) is 0 Å². The van der Waals surface area contributed by atoms with E-state index >= 15 is 0 Å². The van der Waals surface area contributed by atoms with Crippen LogP contribution < -0.4 is 10.6 Å². The summed E-state index contributed by atoms with van der Waals surface area (Å²) in [5.74, 6) is 0. The first kappa shape index (κ1) is 10.9. The van der Waals surface area contributed by atoms with Gasteiger partial charge in [0.2, 0.25) is 0 Å². The van der Waals surface area contributed by atoms with Crippen molar-refractivity contribution in [3.63, 3.8) is 0 Å². The van der Waals surface area contributed by atoms with E-state index in [1.54, 1.807) is 6.20 Å². The molecule has 2 N–H and O–H groups in total. The largest absolute Gasteiger partial charge is 0.336 e. The van der Waals surface area contributed by atoms with Crippen molar-refractivity contribution in [2.45, 2.75) is 6.54 Å². The summed E-state index contributed by atoms with van der Waals surface area (Å²) in [6, 6.07) is 1.96. The number of urea groups is 1. The Kier molecular flexibility index (Phi) is 3.76. The summed E-state index contributed by atoms with van der Waals surface area (Å²) in [7, 11) is 0. The number of aromatic nitrogens is 2. The maximum atomic E-state index is 11.2. The third-order valence-electron chi connectivity index (χ3n) is 2.58. The van der Waals surface area contributed by atoms with Crippen LogP contribution in [-0.2, 0) is 6.54 Å². The lowest BCUT2D eigenvalue weighted by Crippen LogP contribution is -2.35. The molecule has 0 atom stereocenters. The zero-order chi connectivity index (χ0) is 11.2. The zero-order valence-electron chi connectivity index (χ0n) is 9.22. The molecule has 16 heavy (non-hydrogen) atoms. The summed E-state index contributed by atoms with van der Waals surface area (Å²) in [6.07, 6.45) is 3.71. The Balaban J connectivity index is 1.53. The minimum Gasteiger partial charge on any atom is -0.336 e. The van der Waals surface area contributed by atoms with Crippen molar-refractivity contribution in [1.82, 2.24) is 25.3 Å². The fourth-order valence-electron chi connectivity index (χ4n) is 1.69. The molecule has 2 amide bonds. The minimum absolute atomic E-state index is 0.0499. The molecular formula is C10H17N5O. The maximum Gasteiger partial charge on any atom is 0.317 e. The molecule has 0 spiro atoms. The monoisotopic (exact) mass is 223 g/mol. The van der Waals surface area contributed by atoms with Crippen LogP contribution in [0.4, 0.5) is 4.79 Å². The zero-order valence-corrected chi connectivity index (χ0v) is 9.22. The number of nitrogens with zero attached hydrogens (tertiary/aromatic N) is 3. The number of hydrogen-bond acceptors (Lipinski definition) is 3. The summed E-state index contributed by atoms with van der Waals surface area (Å²) in [4.78, 5) is 13.0. The van der Waals surface area contributed by atoms with Gasteiger partial charge >= 0.3 is 6.03 Å². The second kappa shape index (κ2) is 5.50. The van der Waals surface area contributed by atoms with Gasteiger partial charge in [-0.05, 0) is 6.07 Å². The van der Waals surface area contributed by atoms with Crippen LogP contribution in [0.1, 0.15) is 0 Å². The van der Waals surface area contributed by atoms with Gasteiger partial charge in [0.25, 0.3) is 0 Å². The maximum absolute atomic E-state index is 11.2. The van der Waals surface area contributed by atoms with Crippen LogP contribution >= 0.6 is 0 Å². The normalized spacial score (nSPS) is 15.5. The van der Waals surface area contributed by atoms with Gasteiger partial charge in [0.1, 0.15) is 0 Å². The summed E-state index contributed by atoms with van der Waals surface area (Å²) < 4.78 is 1.88. The fourth-order valence-corrected chi connectivity index (χ4v) is 1.69. The SMILES string of the molecule is O=C1NCCN1CCNCCn1cccn1. The molecule has 2 heterocycles. The standard InChI is InChI=1S/C10H17N5O/c16-10-12-5-8-14(10)7-3-11-4-9-15-6-1-2-13-15/h1-2,6,11H,3-5,7-9H2,(H,12,16). The molecule has 2 rings (SSSR count). The number of carbonyl (C=O) groups is 1. The molecule has 6 nitrogen and oxygen atoms in total. The fraction of sp³-hybridized carbons (Fsp3) is 0.600. The highest BCUT2D eigenvalue weighted by molar-refractivity contribution is 5.76. The number of hydrogen-bond donors (Lipinski definition) is 2. The second-order valence-corrected chi connectivity index (χ2v) is 3.74. The van der Waals surface area contributed by atoms with Crippen molar-refractivity contribution in [2.24, 2.45) is 0 Å². The summed E-state index contributed by atoms with van der Waals surface area (Å²) in [5, 5.41) is 10.2. The lowest BCUT2D eigenvalue weighted by Gasteiger charge is -2.14. The summed E-state index contributed by atoms with van der Waals surface area (Å²) in [5.41, 5.74) is 0. The van der Waals surface area contributed by atoms with Gasteiger partial charge in [-0.2, -0.15) is 5.10 Å². The Morgan fingerprint density at radius 3 is 3.00 bits per heavy atom. The van der Waals surface area contributed by atoms with E-state index in [0.717, 1.165) is 39.3 Å². The molecule has 1 aromatic rings. The molecule has 6 heteroatoms. The van der Waals surface area contributed by atoms with E-state index in [2.05, 4.69) is 15.7 Å². The van der Waals surface area contributed by atoms with Crippen LogP contribution in [0, 0.1) is 0 Å². The van der Waals surface area contributed by atoms with Crippen molar-refractivity contribution >= 4 is 6.03 Å². The predicted octanol–water partition coefficient (Wildman–Crippen LogP) is -0.502. The highest BCUT2D eigenvalue weighted by Crippen LogP contribution is 1.94. The molecule has 1 saturated heterocycles. The smallest absolute Gasteiger partial charge is 0.317 e. The van der Waals surface area contributed by atoms with Crippen molar-refractivity contribution in [3.8, 4) is 0 Å². The highest BCUT2D eigenvalue weighted by atomic mass is 16.2. The molecule has 0 saturated carbocycles. The first-order valence-corrected chi connectivity index (χ1v) is 5.57. The van der Waals surface area contributed by atoms with Crippen molar-refractivity contribution in [3.05, 3.63) is 18.5 Å². The Morgan fingerprint density at radius 1 is 1.44 bits per heavy atom. The molecule has 0 radical (unpaired) electrons. The van der Waals surface area contributed by atoms with E-state index in [4.69, 9.17) is 0 Å². The van der Waals surface area contributed by atoms with E-state index in [1.165, 1.54) is 0 Å². The van der Waals surface area contributed by atoms with Crippen LogP contribution in [0.2, 0.25) is 0 Å². The quantitative estimate of drug-likeness (QED) is 0.639. The van der Waals surface area contributed by atoms with Crippen molar-refractivity contribution in [2.75, 3.05) is 32.7 Å². The second-order valence-electron chi connectivity index (χ2n) is 3.74. The number of rotatable bonds is 6. The van der Waals surface area contributed by atoms with E-state index in [9.17, 15) is 4.79 Å². The first-order chi connectivity index (χ1) is 7.86. The van der Waals surface area contributed by atoms with Crippen LogP contribution in [0.5, 0.6) is 0 Å². The average molecular weight is 223 g/mol. The number of nitrogens with one attached hydrogen (secondary N) is 2. The Morgan fingerprint density at radius 2 is 2.31 bits per heavy atom. The van der Waals surface area contributed by atoms with Gasteiger partial charge in [0, 0.05) is 45.1 Å². The minimum atomic E-state index is 0.0499. The average Bonchev–Trinajstić information content (AvgIpc) is 2.90. The van der Waals surface area contributed by atoms with Crippen LogP contribution in [-0.4, -0.2) is 53.4 Å². The molecular weight excluding hydrogens is 206 g/mol. The lowest BCUT2D eigenvalue weighted by molar-refractivity contribution is 0.217. The number of carbonyl (C=O) groups excluding carboxylic acids is 1. The van der Waals surface area contributed by atoms with Gasteiger partial charge in [0.05, 0.1) is 6.54 Å². The topological polar surface area (TPSA) is 62.2 Å². The first-order valence-electron chi connectivity index (χ1n) is 5.57. The van der Waals surface area contributed by atoms with Crippen molar-refractivity contribution in [1.29, 1.82) is 0 Å². The predicted molar refractivity (Wildman–Crippen MR) is 60.1 cm³/mol. The molecule has 0 aromatic carbocycles. The molecule has 0 aliphatic carbocycles. The van der Waals surface area contributed by atoms with Crippen LogP contribution in [0.3, 0.4) is 0 Å². The van der Waals surface area contributed by atoms with E-state index in [-0.39, 0.29) is 6.03 Å². The molecule has 0 unspecified atom stereocenters. The molecule has 0 bridgehead atoms. The summed E-state index contributed by atoms with van der Waals surface area (Å²) in [6.45, 7) is 4.92. The van der Waals surface area contributed by atoms with Gasteiger partial charge in [-0.15, -0.1) is 0 Å². The van der Waals surface area contributed by atoms with Crippen LogP contribution in [0.15, 0.2) is 18.5 Å². The lowest BCUT2D eigenvalue weighted by atomic mass is 10.5. The number of amides is 2. The van der Waals surface area contributed by atoms with E-state index < -0.39 is 0 Å². The Labute approximate surface area is 94.6 Å². The van der Waals surface area contributed by atoms with Crippen molar-refractivity contribution < 1.29 is 4.79 Å². The molecule has 1 aliphatic rings. The Hall–Kier alpha value is -1.56. The molecule has 1 fully saturated rings. The van der Waals surface area contributed by atoms with E-state index in [1.807, 2.05) is 21.8 Å². The third kappa shape index (κ3) is 2.96. The van der Waals surface area contributed by atoms with Gasteiger partial charge in [-0.25, -0.2) is 4.79 Å². The highest BCUT2D eigenvalue weighted by Gasteiger charge is 2.17. The Bertz CT molecular complexity index is 324.